The molecule has 0 fully saturated rings. The molecule has 0 saturated carbocycles. The van der Waals surface area contributed by atoms with Crippen LogP contribution in [0.3, 0.4) is 0 Å². The molecule has 0 saturated heterocycles. The van der Waals surface area contributed by atoms with E-state index in [0.717, 1.165) is 0 Å². The maximum atomic E-state index is 12.6. The van der Waals surface area contributed by atoms with E-state index in [-0.39, 0.29) is 11.9 Å². The highest BCUT2D eigenvalue weighted by atomic mass is 32.2. The molecule has 0 heterocycles. The summed E-state index contributed by atoms with van der Waals surface area (Å²) in [5.41, 5.74) is 16.4. The molecule has 9 N–H and O–H groups in total. The number of nitrogens with two attached hydrogens (primary N) is 3. The van der Waals surface area contributed by atoms with Crippen LogP contribution in [0.5, 0.6) is 0 Å². The highest BCUT2D eigenvalue weighted by molar-refractivity contribution is 7.98. The van der Waals surface area contributed by atoms with Crippen LogP contribution in [0.25, 0.3) is 0 Å². The van der Waals surface area contributed by atoms with Crippen LogP contribution in [-0.2, 0) is 14.4 Å². The summed E-state index contributed by atoms with van der Waals surface area (Å²) < 4.78 is 0. The van der Waals surface area contributed by atoms with Gasteiger partial charge in [-0.15, -0.1) is 0 Å². The second-order valence-corrected chi connectivity index (χ2v) is 7.59. The Morgan fingerprint density at radius 3 is 2.29 bits per heavy atom. The lowest BCUT2D eigenvalue weighted by atomic mass is 9.97. The van der Waals surface area contributed by atoms with Crippen molar-refractivity contribution in [3.05, 3.63) is 0 Å². The van der Waals surface area contributed by atoms with Crippen LogP contribution in [0.2, 0.25) is 0 Å². The van der Waals surface area contributed by atoms with Gasteiger partial charge in [-0.3, -0.25) is 14.6 Å². The predicted molar refractivity (Wildman–Crippen MR) is 112 cm³/mol. The van der Waals surface area contributed by atoms with Crippen molar-refractivity contribution in [3.63, 3.8) is 0 Å². The molecule has 162 valence electrons. The maximum absolute atomic E-state index is 12.6. The second-order valence-electron chi connectivity index (χ2n) is 6.61. The van der Waals surface area contributed by atoms with Crippen LogP contribution in [0, 0.1) is 5.92 Å². The number of rotatable bonds is 14. The zero-order valence-electron chi connectivity index (χ0n) is 16.8. The van der Waals surface area contributed by atoms with Crippen LogP contribution < -0.4 is 27.8 Å². The first-order valence-electron chi connectivity index (χ1n) is 9.27. The van der Waals surface area contributed by atoms with Crippen molar-refractivity contribution in [2.24, 2.45) is 28.1 Å². The fourth-order valence-corrected chi connectivity index (χ4v) is 2.84. The highest BCUT2D eigenvalue weighted by Gasteiger charge is 2.30. The molecule has 2 amide bonds. The first-order chi connectivity index (χ1) is 13.1. The Hall–Kier alpha value is -2.01. The van der Waals surface area contributed by atoms with Crippen molar-refractivity contribution in [1.29, 1.82) is 0 Å². The molecule has 0 unspecified atom stereocenters. The lowest BCUT2D eigenvalue weighted by molar-refractivity contribution is -0.142. The third-order valence-electron chi connectivity index (χ3n) is 4.32. The molecular formula is C17H34N6O4S. The Labute approximate surface area is 170 Å². The van der Waals surface area contributed by atoms with Gasteiger partial charge in [0, 0.05) is 6.54 Å². The number of carboxylic acid groups (broad SMARTS) is 1. The number of aliphatic carboxylic acids is 1. The third-order valence-corrected chi connectivity index (χ3v) is 4.97. The van der Waals surface area contributed by atoms with Crippen molar-refractivity contribution in [2.45, 2.75) is 57.7 Å². The Kier molecular flexibility index (Phi) is 13.0. The van der Waals surface area contributed by atoms with Gasteiger partial charge in [0.05, 0.1) is 6.04 Å². The fourth-order valence-electron chi connectivity index (χ4n) is 2.37. The molecule has 0 aliphatic heterocycles. The number of hydrogen-bond acceptors (Lipinski definition) is 6. The van der Waals surface area contributed by atoms with Crippen molar-refractivity contribution >= 4 is 35.5 Å². The number of nitrogens with one attached hydrogen (secondary N) is 2. The van der Waals surface area contributed by atoms with E-state index in [0.29, 0.717) is 38.0 Å². The molecule has 0 aliphatic rings. The van der Waals surface area contributed by atoms with Gasteiger partial charge in [0.25, 0.3) is 0 Å². The van der Waals surface area contributed by atoms with Gasteiger partial charge in [0.1, 0.15) is 12.1 Å². The number of carbonyl (C=O) groups excluding carboxylic acids is 2. The molecule has 10 nitrogen and oxygen atoms in total. The Bertz CT molecular complexity index is 542. The topological polar surface area (TPSA) is 186 Å². The largest absolute Gasteiger partial charge is 0.480 e. The molecule has 0 spiro atoms. The normalized spacial score (nSPS) is 15.0. The summed E-state index contributed by atoms with van der Waals surface area (Å²) in [7, 11) is 0. The standard InChI is InChI=1S/C17H34N6O4S/c1-4-10(2)13(15(25)22-12(16(26)27)7-9-28-3)23-14(24)11(18)6-5-8-21-17(19)20/h10-13H,4-9,18H2,1-3H3,(H,22,25)(H,23,24)(H,26,27)(H4,19,20,21)/t10-,11-,12-,13-/m0/s1. The van der Waals surface area contributed by atoms with E-state index in [1.54, 1.807) is 0 Å². The van der Waals surface area contributed by atoms with E-state index in [1.165, 1.54) is 11.8 Å². The molecule has 0 aromatic heterocycles. The van der Waals surface area contributed by atoms with Crippen LogP contribution in [0.4, 0.5) is 0 Å². The number of nitrogens with zero attached hydrogens (tertiary/aromatic N) is 1. The summed E-state index contributed by atoms with van der Waals surface area (Å²) in [6.07, 6.45) is 3.65. The van der Waals surface area contributed by atoms with Crippen LogP contribution in [0.1, 0.15) is 39.5 Å². The summed E-state index contributed by atoms with van der Waals surface area (Å²) in [5.74, 6) is -1.72. The number of carbonyl (C=O) groups is 3. The molecule has 0 aromatic rings. The van der Waals surface area contributed by atoms with Crippen molar-refractivity contribution in [2.75, 3.05) is 18.6 Å². The average molecular weight is 419 g/mol. The van der Waals surface area contributed by atoms with Crippen LogP contribution in [0.15, 0.2) is 4.99 Å². The number of amides is 2. The Morgan fingerprint density at radius 2 is 1.79 bits per heavy atom. The van der Waals surface area contributed by atoms with Gasteiger partial charge in [-0.1, -0.05) is 20.3 Å². The summed E-state index contributed by atoms with van der Waals surface area (Å²) in [6, 6.07) is -2.69. The smallest absolute Gasteiger partial charge is 0.326 e. The van der Waals surface area contributed by atoms with E-state index in [1.807, 2.05) is 20.1 Å². The highest BCUT2D eigenvalue weighted by Crippen LogP contribution is 2.10. The van der Waals surface area contributed by atoms with Crippen molar-refractivity contribution in [3.8, 4) is 0 Å². The van der Waals surface area contributed by atoms with E-state index in [4.69, 9.17) is 17.2 Å². The van der Waals surface area contributed by atoms with E-state index >= 15 is 0 Å². The monoisotopic (exact) mass is 418 g/mol. The number of thioether (sulfide) groups is 1. The minimum Gasteiger partial charge on any atom is -0.480 e. The van der Waals surface area contributed by atoms with Gasteiger partial charge in [0.2, 0.25) is 11.8 Å². The number of hydrogen-bond donors (Lipinski definition) is 6. The van der Waals surface area contributed by atoms with Gasteiger partial charge in [0.15, 0.2) is 5.96 Å². The summed E-state index contributed by atoms with van der Waals surface area (Å²) >= 11 is 1.49. The van der Waals surface area contributed by atoms with E-state index in [9.17, 15) is 19.5 Å². The maximum Gasteiger partial charge on any atom is 0.326 e. The van der Waals surface area contributed by atoms with Gasteiger partial charge in [-0.25, -0.2) is 4.79 Å². The van der Waals surface area contributed by atoms with Gasteiger partial charge >= 0.3 is 5.97 Å². The number of aliphatic imine (C=N–C) groups is 1. The predicted octanol–water partition coefficient (Wildman–Crippen LogP) is -0.779. The van der Waals surface area contributed by atoms with Gasteiger partial charge < -0.3 is 32.9 Å². The summed E-state index contributed by atoms with van der Waals surface area (Å²) in [6.45, 7) is 4.05. The summed E-state index contributed by atoms with van der Waals surface area (Å²) in [5, 5.41) is 14.5. The fraction of sp³-hybridized carbons (Fsp3) is 0.765. The minimum atomic E-state index is -1.10. The van der Waals surface area contributed by atoms with Crippen LogP contribution >= 0.6 is 11.8 Å². The lowest BCUT2D eigenvalue weighted by Crippen LogP contribution is -2.56. The van der Waals surface area contributed by atoms with Gasteiger partial charge in [-0.2, -0.15) is 11.8 Å². The molecule has 0 aromatic carbocycles. The number of carboxylic acids is 1. The van der Waals surface area contributed by atoms with E-state index in [2.05, 4.69) is 15.6 Å². The second kappa shape index (κ2) is 14.1. The SMILES string of the molecule is CC[C@H](C)[C@H](NC(=O)[C@@H](N)CCCN=C(N)N)C(=O)N[C@@H](CCSC)C(=O)O. The molecular weight excluding hydrogens is 384 g/mol. The molecule has 0 bridgehead atoms. The molecule has 0 aliphatic carbocycles. The van der Waals surface area contributed by atoms with Gasteiger partial charge in [-0.05, 0) is 37.2 Å². The molecule has 0 radical (unpaired) electrons. The average Bonchev–Trinajstić information content (AvgIpc) is 2.64. The Morgan fingerprint density at radius 1 is 1.14 bits per heavy atom. The van der Waals surface area contributed by atoms with Crippen molar-refractivity contribution in [1.82, 2.24) is 10.6 Å². The zero-order chi connectivity index (χ0) is 21.7. The molecule has 0 rings (SSSR count). The Balaban J connectivity index is 4.91. The zero-order valence-corrected chi connectivity index (χ0v) is 17.6. The van der Waals surface area contributed by atoms with Crippen molar-refractivity contribution < 1.29 is 19.5 Å². The number of guanidine groups is 1. The lowest BCUT2D eigenvalue weighted by Gasteiger charge is -2.26. The minimum absolute atomic E-state index is 0.0269. The molecule has 4 atom stereocenters. The van der Waals surface area contributed by atoms with E-state index < -0.39 is 35.9 Å². The molecule has 11 heteroatoms. The third kappa shape index (κ3) is 10.4. The summed E-state index contributed by atoms with van der Waals surface area (Å²) in [4.78, 5) is 40.2. The van der Waals surface area contributed by atoms with Crippen LogP contribution in [-0.4, -0.2) is 65.5 Å². The first kappa shape index (κ1) is 26.0. The quantitative estimate of drug-likeness (QED) is 0.120. The first-order valence-corrected chi connectivity index (χ1v) is 10.7. The molecule has 28 heavy (non-hydrogen) atoms.